The zero-order valence-electron chi connectivity index (χ0n) is 13.5. The topological polar surface area (TPSA) is 127 Å². The van der Waals surface area contributed by atoms with E-state index in [1.165, 1.54) is 48.5 Å². The number of nitro benzene ring substituents is 1. The number of benzene rings is 2. The molecular formula is C17H11ClN4O5. The van der Waals surface area contributed by atoms with Crippen LogP contribution in [0.15, 0.2) is 64.3 Å². The minimum absolute atomic E-state index is 0.137. The fraction of sp³-hybridized carbons (Fsp3) is 0. The Labute approximate surface area is 156 Å². The van der Waals surface area contributed by atoms with Crippen molar-refractivity contribution in [2.45, 2.75) is 0 Å². The Morgan fingerprint density at radius 3 is 2.30 bits per heavy atom. The summed E-state index contributed by atoms with van der Waals surface area (Å²) in [4.78, 5) is 49.5. The first kappa shape index (κ1) is 18.1. The van der Waals surface area contributed by atoms with Crippen LogP contribution in [-0.4, -0.2) is 20.4 Å². The number of nitrogens with zero attached hydrogens (tertiary/aromatic N) is 2. The summed E-state index contributed by atoms with van der Waals surface area (Å²) in [7, 11) is 0. The highest BCUT2D eigenvalue weighted by molar-refractivity contribution is 6.30. The molecule has 0 radical (unpaired) electrons. The lowest BCUT2D eigenvalue weighted by Crippen LogP contribution is -2.38. The third-order valence-electron chi connectivity index (χ3n) is 3.64. The Morgan fingerprint density at radius 2 is 1.70 bits per heavy atom. The maximum atomic E-state index is 12.6. The molecule has 0 spiro atoms. The second-order valence-corrected chi connectivity index (χ2v) is 5.82. The molecule has 3 aromatic rings. The van der Waals surface area contributed by atoms with Crippen molar-refractivity contribution in [2.75, 3.05) is 5.32 Å². The average Bonchev–Trinajstić information content (AvgIpc) is 2.63. The van der Waals surface area contributed by atoms with Crippen LogP contribution in [0.4, 0.5) is 11.4 Å². The van der Waals surface area contributed by atoms with Gasteiger partial charge in [-0.15, -0.1) is 0 Å². The van der Waals surface area contributed by atoms with E-state index >= 15 is 0 Å². The summed E-state index contributed by atoms with van der Waals surface area (Å²) < 4.78 is 0.807. The summed E-state index contributed by atoms with van der Waals surface area (Å²) in [6.07, 6.45) is 1.01. The van der Waals surface area contributed by atoms with Crippen molar-refractivity contribution >= 4 is 28.9 Å². The molecule has 0 saturated heterocycles. The molecule has 2 N–H and O–H groups in total. The van der Waals surface area contributed by atoms with E-state index in [1.807, 2.05) is 0 Å². The van der Waals surface area contributed by atoms with Gasteiger partial charge in [0, 0.05) is 29.0 Å². The average molecular weight is 387 g/mol. The molecule has 10 heteroatoms. The van der Waals surface area contributed by atoms with Crippen molar-refractivity contribution in [3.05, 3.63) is 96.3 Å². The Morgan fingerprint density at radius 1 is 1.07 bits per heavy atom. The Hall–Kier alpha value is -3.72. The first-order valence-electron chi connectivity index (χ1n) is 7.53. The van der Waals surface area contributed by atoms with Crippen LogP contribution in [-0.2, 0) is 0 Å². The summed E-state index contributed by atoms with van der Waals surface area (Å²) >= 11 is 5.80. The van der Waals surface area contributed by atoms with Gasteiger partial charge in [-0.05, 0) is 36.4 Å². The zero-order chi connectivity index (χ0) is 19.6. The molecule has 1 heterocycles. The van der Waals surface area contributed by atoms with E-state index in [4.69, 9.17) is 11.6 Å². The number of aromatic nitrogens is 2. The van der Waals surface area contributed by atoms with Gasteiger partial charge in [0.05, 0.1) is 10.6 Å². The summed E-state index contributed by atoms with van der Waals surface area (Å²) in [6.45, 7) is 0. The van der Waals surface area contributed by atoms with E-state index in [-0.39, 0.29) is 22.6 Å². The molecule has 0 unspecified atom stereocenters. The predicted molar refractivity (Wildman–Crippen MR) is 98.7 cm³/mol. The predicted octanol–water partition coefficient (Wildman–Crippen LogP) is 2.34. The molecule has 1 aromatic heterocycles. The quantitative estimate of drug-likeness (QED) is 0.525. The van der Waals surface area contributed by atoms with Crippen LogP contribution in [0.3, 0.4) is 0 Å². The number of carbonyl (C=O) groups excluding carboxylic acids is 1. The second-order valence-electron chi connectivity index (χ2n) is 5.38. The van der Waals surface area contributed by atoms with Crippen LogP contribution in [0.25, 0.3) is 5.69 Å². The van der Waals surface area contributed by atoms with Crippen LogP contribution in [0, 0.1) is 10.1 Å². The van der Waals surface area contributed by atoms with Gasteiger partial charge in [-0.2, -0.15) is 0 Å². The van der Waals surface area contributed by atoms with Crippen molar-refractivity contribution in [3.8, 4) is 5.69 Å². The molecule has 3 rings (SSSR count). The van der Waals surface area contributed by atoms with Gasteiger partial charge in [-0.25, -0.2) is 9.36 Å². The lowest BCUT2D eigenvalue weighted by atomic mass is 10.2. The fourth-order valence-electron chi connectivity index (χ4n) is 2.33. The number of rotatable bonds is 4. The number of hydrogen-bond donors (Lipinski definition) is 2. The number of carbonyl (C=O) groups is 1. The number of aromatic amines is 1. The van der Waals surface area contributed by atoms with Crippen LogP contribution < -0.4 is 16.6 Å². The Bertz CT molecular complexity index is 1130. The number of halogens is 1. The number of hydrogen-bond acceptors (Lipinski definition) is 5. The highest BCUT2D eigenvalue weighted by Gasteiger charge is 2.16. The standard InChI is InChI=1S/C17H11ClN4O5/c18-10-1-5-12(6-2-10)21-16(24)14(9-19-17(21)25)15(23)20-11-3-7-13(8-4-11)22(26)27/h1-9H,(H,19,25)(H,20,23). The summed E-state index contributed by atoms with van der Waals surface area (Å²) in [5, 5.41) is 13.5. The lowest BCUT2D eigenvalue weighted by Gasteiger charge is -2.08. The van der Waals surface area contributed by atoms with Gasteiger partial charge in [0.1, 0.15) is 5.56 Å². The fourth-order valence-corrected chi connectivity index (χ4v) is 2.45. The summed E-state index contributed by atoms with van der Waals surface area (Å²) in [5.41, 5.74) is -1.47. The van der Waals surface area contributed by atoms with Crippen LogP contribution in [0.5, 0.6) is 0 Å². The van der Waals surface area contributed by atoms with E-state index in [0.29, 0.717) is 5.02 Å². The van der Waals surface area contributed by atoms with E-state index in [9.17, 15) is 24.5 Å². The minimum atomic E-state index is -0.819. The molecule has 0 saturated carbocycles. The molecule has 2 aromatic carbocycles. The molecule has 0 aliphatic carbocycles. The number of amides is 1. The van der Waals surface area contributed by atoms with Crippen molar-refractivity contribution in [1.82, 2.24) is 9.55 Å². The molecular weight excluding hydrogens is 376 g/mol. The minimum Gasteiger partial charge on any atom is -0.322 e. The molecule has 0 bridgehead atoms. The van der Waals surface area contributed by atoms with Gasteiger partial charge in [-0.1, -0.05) is 11.6 Å². The highest BCUT2D eigenvalue weighted by atomic mass is 35.5. The van der Waals surface area contributed by atoms with Crippen LogP contribution >= 0.6 is 11.6 Å². The first-order chi connectivity index (χ1) is 12.9. The van der Waals surface area contributed by atoms with Crippen LogP contribution in [0.2, 0.25) is 5.02 Å². The monoisotopic (exact) mass is 386 g/mol. The SMILES string of the molecule is O=C(Nc1ccc([N+](=O)[O-])cc1)c1c[nH]c(=O)n(-c2ccc(Cl)cc2)c1=O. The molecule has 0 atom stereocenters. The second kappa shape index (κ2) is 7.26. The highest BCUT2D eigenvalue weighted by Crippen LogP contribution is 2.16. The van der Waals surface area contributed by atoms with E-state index < -0.39 is 22.1 Å². The number of nitrogens with one attached hydrogen (secondary N) is 2. The maximum absolute atomic E-state index is 12.6. The number of H-pyrrole nitrogens is 1. The van der Waals surface area contributed by atoms with Gasteiger partial charge < -0.3 is 10.3 Å². The van der Waals surface area contributed by atoms with Gasteiger partial charge in [-0.3, -0.25) is 19.7 Å². The van der Waals surface area contributed by atoms with Gasteiger partial charge in [0.15, 0.2) is 0 Å². The molecule has 27 heavy (non-hydrogen) atoms. The van der Waals surface area contributed by atoms with E-state index in [1.54, 1.807) is 0 Å². The maximum Gasteiger partial charge on any atom is 0.333 e. The van der Waals surface area contributed by atoms with E-state index in [0.717, 1.165) is 10.8 Å². The number of non-ortho nitro benzene ring substituents is 1. The molecule has 1 amide bonds. The van der Waals surface area contributed by atoms with Crippen LogP contribution in [0.1, 0.15) is 10.4 Å². The van der Waals surface area contributed by atoms with Crippen molar-refractivity contribution < 1.29 is 9.72 Å². The smallest absolute Gasteiger partial charge is 0.322 e. The third-order valence-corrected chi connectivity index (χ3v) is 3.89. The van der Waals surface area contributed by atoms with Crippen molar-refractivity contribution in [3.63, 3.8) is 0 Å². The lowest BCUT2D eigenvalue weighted by molar-refractivity contribution is -0.384. The van der Waals surface area contributed by atoms with E-state index in [2.05, 4.69) is 10.3 Å². The third kappa shape index (κ3) is 3.77. The van der Waals surface area contributed by atoms with Gasteiger partial charge in [0.25, 0.3) is 17.2 Å². The Kier molecular flexibility index (Phi) is 4.86. The summed E-state index contributed by atoms with van der Waals surface area (Å²) in [5.74, 6) is -0.771. The zero-order valence-corrected chi connectivity index (χ0v) is 14.3. The molecule has 0 fully saturated rings. The normalized spacial score (nSPS) is 10.4. The first-order valence-corrected chi connectivity index (χ1v) is 7.91. The number of nitro groups is 1. The number of anilines is 1. The molecule has 136 valence electrons. The summed E-state index contributed by atoms with van der Waals surface area (Å²) in [6, 6.07) is 11.1. The van der Waals surface area contributed by atoms with Crippen molar-refractivity contribution in [2.24, 2.45) is 0 Å². The molecule has 9 nitrogen and oxygen atoms in total. The largest absolute Gasteiger partial charge is 0.333 e. The van der Waals surface area contributed by atoms with Gasteiger partial charge >= 0.3 is 5.69 Å². The molecule has 0 aliphatic heterocycles. The van der Waals surface area contributed by atoms with Crippen molar-refractivity contribution in [1.29, 1.82) is 0 Å². The van der Waals surface area contributed by atoms with Gasteiger partial charge in [0.2, 0.25) is 0 Å². The Balaban J connectivity index is 1.95. The molecule has 0 aliphatic rings.